The Labute approximate surface area is 213 Å². The summed E-state index contributed by atoms with van der Waals surface area (Å²) < 4.78 is 6.62. The van der Waals surface area contributed by atoms with Crippen LogP contribution in [-0.4, -0.2) is 38.3 Å². The van der Waals surface area contributed by atoms with Crippen molar-refractivity contribution in [1.29, 1.82) is 0 Å². The topological polar surface area (TPSA) is 65.8 Å². The zero-order valence-corrected chi connectivity index (χ0v) is 20.5. The van der Waals surface area contributed by atoms with Crippen molar-refractivity contribution in [1.82, 2.24) is 9.88 Å². The number of phenolic OH excluding ortho intramolecular Hbond substituents is 1. The van der Waals surface area contributed by atoms with Crippen molar-refractivity contribution in [2.24, 2.45) is 0 Å². The van der Waals surface area contributed by atoms with Gasteiger partial charge in [-0.2, -0.15) is 0 Å². The predicted molar refractivity (Wildman–Crippen MR) is 138 cm³/mol. The maximum absolute atomic E-state index is 12.9. The van der Waals surface area contributed by atoms with Crippen LogP contribution >= 0.6 is 11.3 Å². The largest absolute Gasteiger partial charge is 0.504 e. The molecule has 4 aromatic rings. The highest BCUT2D eigenvalue weighted by atomic mass is 32.1. The quantitative estimate of drug-likeness (QED) is 0.419. The monoisotopic (exact) mass is 494 g/mol. The molecule has 2 bridgehead atoms. The average molecular weight is 495 g/mol. The second-order valence-corrected chi connectivity index (χ2v) is 11.7. The van der Waals surface area contributed by atoms with Crippen molar-refractivity contribution < 1.29 is 14.9 Å². The Hall–Kier alpha value is -3.19. The number of phenols is 1. The SMILES string of the molecule is Oc1ccc2c3c1O[C@H]1c4nc(-c5ccccc5)sc4C[C@@]4(O)[C@@H](C2)N(Cc2ccccc2)CC[C@]314. The maximum Gasteiger partial charge on any atom is 0.166 e. The summed E-state index contributed by atoms with van der Waals surface area (Å²) >= 11 is 1.67. The molecule has 4 aliphatic rings. The summed E-state index contributed by atoms with van der Waals surface area (Å²) in [6.07, 6.45) is 1.66. The third-order valence-corrected chi connectivity index (χ3v) is 10.1. The van der Waals surface area contributed by atoms with E-state index in [9.17, 15) is 10.2 Å². The summed E-state index contributed by atoms with van der Waals surface area (Å²) in [5.74, 6) is 0.707. The first-order chi connectivity index (χ1) is 17.6. The lowest BCUT2D eigenvalue weighted by Gasteiger charge is -2.62. The number of thiazole rings is 1. The minimum absolute atomic E-state index is 0.0454. The third-order valence-electron chi connectivity index (χ3n) is 8.98. The van der Waals surface area contributed by atoms with Crippen molar-refractivity contribution in [3.8, 4) is 22.1 Å². The van der Waals surface area contributed by atoms with Gasteiger partial charge >= 0.3 is 0 Å². The number of aromatic nitrogens is 1. The van der Waals surface area contributed by atoms with Gasteiger partial charge in [-0.1, -0.05) is 66.7 Å². The maximum atomic E-state index is 12.9. The number of hydrogen-bond acceptors (Lipinski definition) is 6. The van der Waals surface area contributed by atoms with E-state index in [0.717, 1.165) is 52.6 Å². The van der Waals surface area contributed by atoms with Crippen LogP contribution in [-0.2, 0) is 24.8 Å². The molecule has 1 aromatic heterocycles. The minimum Gasteiger partial charge on any atom is -0.504 e. The Morgan fingerprint density at radius 3 is 2.61 bits per heavy atom. The van der Waals surface area contributed by atoms with E-state index in [4.69, 9.17) is 9.72 Å². The van der Waals surface area contributed by atoms with E-state index in [2.05, 4.69) is 41.3 Å². The highest BCUT2D eigenvalue weighted by molar-refractivity contribution is 7.15. The van der Waals surface area contributed by atoms with E-state index in [1.54, 1.807) is 17.4 Å². The fourth-order valence-electron chi connectivity index (χ4n) is 7.45. The van der Waals surface area contributed by atoms with Crippen LogP contribution in [0.2, 0.25) is 0 Å². The first kappa shape index (κ1) is 20.9. The Morgan fingerprint density at radius 1 is 1.03 bits per heavy atom. The van der Waals surface area contributed by atoms with Crippen molar-refractivity contribution in [2.45, 2.75) is 49.0 Å². The van der Waals surface area contributed by atoms with Gasteiger partial charge < -0.3 is 14.9 Å². The average Bonchev–Trinajstić information content (AvgIpc) is 3.47. The van der Waals surface area contributed by atoms with Gasteiger partial charge in [0.1, 0.15) is 5.01 Å². The first-order valence-electron chi connectivity index (χ1n) is 12.7. The zero-order valence-electron chi connectivity index (χ0n) is 19.7. The fourth-order valence-corrected chi connectivity index (χ4v) is 8.63. The molecule has 0 unspecified atom stereocenters. The van der Waals surface area contributed by atoms with Crippen molar-refractivity contribution in [3.05, 3.63) is 100 Å². The van der Waals surface area contributed by atoms with Crippen molar-refractivity contribution in [2.75, 3.05) is 6.54 Å². The summed E-state index contributed by atoms with van der Waals surface area (Å²) in [6, 6.07) is 24.5. The fraction of sp³-hybridized carbons (Fsp3) is 0.300. The number of rotatable bonds is 3. The van der Waals surface area contributed by atoms with Gasteiger partial charge in [-0.15, -0.1) is 11.3 Å². The summed E-state index contributed by atoms with van der Waals surface area (Å²) in [6.45, 7) is 1.67. The number of likely N-dealkylation sites (tertiary alicyclic amines) is 1. The lowest BCUT2D eigenvalue weighted by Crippen LogP contribution is -2.74. The lowest BCUT2D eigenvalue weighted by atomic mass is 9.49. The predicted octanol–water partition coefficient (Wildman–Crippen LogP) is 5.01. The van der Waals surface area contributed by atoms with Gasteiger partial charge in [0.2, 0.25) is 0 Å². The minimum atomic E-state index is -1.01. The van der Waals surface area contributed by atoms with E-state index < -0.39 is 17.1 Å². The molecule has 8 rings (SSSR count). The summed E-state index contributed by atoms with van der Waals surface area (Å²) in [7, 11) is 0. The van der Waals surface area contributed by atoms with Gasteiger partial charge in [0.15, 0.2) is 17.6 Å². The number of aliphatic hydroxyl groups is 1. The Balaban J connectivity index is 1.32. The number of ether oxygens (including phenoxy) is 1. The molecule has 2 aliphatic heterocycles. The lowest BCUT2D eigenvalue weighted by molar-refractivity contribution is -0.174. The summed E-state index contributed by atoms with van der Waals surface area (Å²) in [4.78, 5) is 8.68. The van der Waals surface area contributed by atoms with Gasteiger partial charge in [-0.3, -0.25) is 4.90 Å². The van der Waals surface area contributed by atoms with Crippen molar-refractivity contribution >= 4 is 11.3 Å². The van der Waals surface area contributed by atoms with Crippen LogP contribution < -0.4 is 4.74 Å². The molecule has 1 fully saturated rings. The molecule has 0 radical (unpaired) electrons. The summed E-state index contributed by atoms with van der Waals surface area (Å²) in [5.41, 5.74) is 3.85. The molecule has 180 valence electrons. The Kier molecular flexibility index (Phi) is 4.18. The second-order valence-electron chi connectivity index (χ2n) is 10.6. The molecular weight excluding hydrogens is 468 g/mol. The number of benzene rings is 3. The highest BCUT2D eigenvalue weighted by Crippen LogP contribution is 2.69. The molecule has 4 atom stereocenters. The van der Waals surface area contributed by atoms with E-state index in [0.29, 0.717) is 12.2 Å². The first-order valence-corrected chi connectivity index (χ1v) is 13.5. The Morgan fingerprint density at radius 2 is 1.81 bits per heavy atom. The Bertz CT molecular complexity index is 1500. The normalized spacial score (nSPS) is 29.4. The van der Waals surface area contributed by atoms with Crippen LogP contribution in [0.5, 0.6) is 11.5 Å². The van der Waals surface area contributed by atoms with Gasteiger partial charge in [0.25, 0.3) is 0 Å². The van der Waals surface area contributed by atoms with E-state index >= 15 is 0 Å². The summed E-state index contributed by atoms with van der Waals surface area (Å²) in [5, 5.41) is 24.6. The van der Waals surface area contributed by atoms with E-state index in [-0.39, 0.29) is 11.8 Å². The molecule has 2 aliphatic carbocycles. The van der Waals surface area contributed by atoms with E-state index in [1.165, 1.54) is 11.1 Å². The molecule has 0 amide bonds. The molecule has 1 saturated heterocycles. The van der Waals surface area contributed by atoms with Crippen LogP contribution in [0, 0.1) is 0 Å². The molecular formula is C30H26N2O3S. The number of aromatic hydroxyl groups is 1. The number of hydrogen-bond donors (Lipinski definition) is 2. The van der Waals surface area contributed by atoms with Gasteiger partial charge in [-0.25, -0.2) is 4.98 Å². The van der Waals surface area contributed by atoms with Gasteiger partial charge in [-0.05, 0) is 30.0 Å². The van der Waals surface area contributed by atoms with Crippen LogP contribution in [0.1, 0.15) is 39.8 Å². The highest BCUT2D eigenvalue weighted by Gasteiger charge is 2.73. The van der Waals surface area contributed by atoms with E-state index in [1.807, 2.05) is 30.3 Å². The van der Waals surface area contributed by atoms with Crippen LogP contribution in [0.4, 0.5) is 0 Å². The number of fused-ring (bicyclic) bond motifs is 2. The molecule has 2 N–H and O–H groups in total. The third kappa shape index (κ3) is 2.54. The van der Waals surface area contributed by atoms with Crippen molar-refractivity contribution in [3.63, 3.8) is 0 Å². The molecule has 3 heterocycles. The molecule has 0 saturated carbocycles. The molecule has 6 heteroatoms. The molecule has 5 nitrogen and oxygen atoms in total. The molecule has 3 aromatic carbocycles. The van der Waals surface area contributed by atoms with Crippen LogP contribution in [0.15, 0.2) is 72.8 Å². The molecule has 1 spiro atoms. The number of nitrogens with zero attached hydrogens (tertiary/aromatic N) is 2. The molecule has 36 heavy (non-hydrogen) atoms. The number of piperidine rings is 1. The second kappa shape index (κ2) is 7.19. The van der Waals surface area contributed by atoms with Gasteiger partial charge in [0, 0.05) is 41.6 Å². The van der Waals surface area contributed by atoms with Crippen LogP contribution in [0.25, 0.3) is 10.6 Å². The zero-order chi connectivity index (χ0) is 24.1. The standard InChI is InChI=1S/C30H26N2O3S/c33-21-12-11-20-15-23-30(34)16-22-25(31-28(36-22)19-9-5-2-6-10-19)27-29(30,24(20)26(21)35-27)13-14-32(23)17-18-7-3-1-4-8-18/h1-12,23,27,33-34H,13-17H2/t23-,27+,29+,30-/m1/s1. The van der Waals surface area contributed by atoms with Gasteiger partial charge in [0.05, 0.1) is 16.7 Å². The van der Waals surface area contributed by atoms with Crippen LogP contribution in [0.3, 0.4) is 0 Å². The smallest absolute Gasteiger partial charge is 0.166 e.